The molecule has 0 aliphatic carbocycles. The lowest BCUT2D eigenvalue weighted by atomic mass is 9.96. The van der Waals surface area contributed by atoms with Crippen molar-refractivity contribution in [3.8, 4) is 5.13 Å². The highest BCUT2D eigenvalue weighted by atomic mass is 32.1. The third-order valence-electron chi connectivity index (χ3n) is 5.22. The van der Waals surface area contributed by atoms with Gasteiger partial charge >= 0.3 is 0 Å². The number of benzene rings is 1. The van der Waals surface area contributed by atoms with Crippen molar-refractivity contribution in [2.45, 2.75) is 33.6 Å². The molecule has 4 rings (SSSR count). The van der Waals surface area contributed by atoms with Crippen molar-refractivity contribution in [2.75, 3.05) is 23.3 Å². The molecule has 7 heteroatoms. The van der Waals surface area contributed by atoms with Crippen LogP contribution < -0.4 is 10.2 Å². The van der Waals surface area contributed by atoms with Crippen LogP contribution in [0.4, 0.5) is 10.8 Å². The first kappa shape index (κ1) is 18.7. The van der Waals surface area contributed by atoms with Crippen LogP contribution in [0.25, 0.3) is 5.13 Å². The first-order chi connectivity index (χ1) is 13.5. The number of aromatic nitrogens is 3. The number of carbonyl (C=O) groups is 1. The van der Waals surface area contributed by atoms with Gasteiger partial charge in [0.2, 0.25) is 16.2 Å². The molecular weight excluding hydrogens is 370 g/mol. The number of nitrogens with one attached hydrogen (secondary N) is 1. The molecule has 28 heavy (non-hydrogen) atoms. The Morgan fingerprint density at radius 2 is 1.79 bits per heavy atom. The Kier molecular flexibility index (Phi) is 5.17. The van der Waals surface area contributed by atoms with E-state index in [-0.39, 0.29) is 11.8 Å². The zero-order valence-electron chi connectivity index (χ0n) is 16.5. The summed E-state index contributed by atoms with van der Waals surface area (Å²) in [5.41, 5.74) is 4.38. The van der Waals surface area contributed by atoms with Gasteiger partial charge in [-0.15, -0.1) is 10.2 Å². The molecule has 0 spiro atoms. The Balaban J connectivity index is 1.46. The molecule has 1 aliphatic rings. The molecule has 1 aromatic carbocycles. The van der Waals surface area contributed by atoms with Gasteiger partial charge < -0.3 is 10.2 Å². The normalized spacial score (nSPS) is 17.0. The minimum absolute atomic E-state index is 0.0484. The highest BCUT2D eigenvalue weighted by molar-refractivity contribution is 7.17. The van der Waals surface area contributed by atoms with E-state index in [0.717, 1.165) is 46.5 Å². The third-order valence-corrected chi connectivity index (χ3v) is 6.21. The predicted molar refractivity (Wildman–Crippen MR) is 113 cm³/mol. The monoisotopic (exact) mass is 395 g/mol. The largest absolute Gasteiger partial charge is 0.346 e. The Labute approximate surface area is 169 Å². The summed E-state index contributed by atoms with van der Waals surface area (Å²) in [4.78, 5) is 15.1. The maximum absolute atomic E-state index is 13.0. The number of amides is 1. The third kappa shape index (κ3) is 3.80. The zero-order valence-corrected chi connectivity index (χ0v) is 17.3. The molecule has 1 saturated heterocycles. The number of anilines is 2. The van der Waals surface area contributed by atoms with E-state index in [0.29, 0.717) is 6.54 Å². The van der Waals surface area contributed by atoms with E-state index in [2.05, 4.69) is 39.5 Å². The van der Waals surface area contributed by atoms with Crippen LogP contribution in [-0.2, 0) is 4.79 Å². The van der Waals surface area contributed by atoms with Gasteiger partial charge in [-0.1, -0.05) is 29.0 Å². The number of hydrogen-bond donors (Lipinski definition) is 1. The van der Waals surface area contributed by atoms with Crippen molar-refractivity contribution in [2.24, 2.45) is 5.92 Å². The average Bonchev–Trinajstić information content (AvgIpc) is 3.36. The average molecular weight is 396 g/mol. The summed E-state index contributed by atoms with van der Waals surface area (Å²) in [6.45, 7) is 7.76. The number of hydrogen-bond acceptors (Lipinski definition) is 5. The number of carbonyl (C=O) groups excluding carboxylic acids is 1. The molecule has 0 radical (unpaired) electrons. The highest BCUT2D eigenvalue weighted by Gasteiger charge is 2.28. The molecule has 1 fully saturated rings. The summed E-state index contributed by atoms with van der Waals surface area (Å²) in [6, 6.07) is 8.16. The Morgan fingerprint density at radius 1 is 1.11 bits per heavy atom. The molecule has 3 aromatic rings. The van der Waals surface area contributed by atoms with E-state index >= 15 is 0 Å². The number of nitrogens with zero attached hydrogens (tertiary/aromatic N) is 4. The van der Waals surface area contributed by atoms with Crippen LogP contribution in [0.1, 0.15) is 29.5 Å². The maximum atomic E-state index is 13.0. The van der Waals surface area contributed by atoms with Crippen molar-refractivity contribution < 1.29 is 4.79 Å². The quantitative estimate of drug-likeness (QED) is 0.722. The van der Waals surface area contributed by atoms with E-state index in [1.807, 2.05) is 42.9 Å². The highest BCUT2D eigenvalue weighted by Crippen LogP contribution is 2.29. The molecule has 6 nitrogen and oxygen atoms in total. The molecule has 146 valence electrons. The molecule has 0 saturated carbocycles. The minimum Gasteiger partial charge on any atom is -0.346 e. The molecule has 1 amide bonds. The van der Waals surface area contributed by atoms with Crippen molar-refractivity contribution in [3.05, 3.63) is 53.3 Å². The van der Waals surface area contributed by atoms with Gasteiger partial charge in [0.25, 0.3) is 0 Å². The molecule has 1 aliphatic heterocycles. The summed E-state index contributed by atoms with van der Waals surface area (Å²) < 4.78 is 1.96. The van der Waals surface area contributed by atoms with Crippen LogP contribution in [0.2, 0.25) is 0 Å². The second kappa shape index (κ2) is 7.75. The lowest BCUT2D eigenvalue weighted by molar-refractivity contribution is -0.120. The molecule has 0 bridgehead atoms. The van der Waals surface area contributed by atoms with Gasteiger partial charge in [-0.2, -0.15) is 0 Å². The summed E-state index contributed by atoms with van der Waals surface area (Å²) >= 11 is 1.56. The fourth-order valence-corrected chi connectivity index (χ4v) is 4.72. The number of aryl methyl sites for hydroxylation is 3. The summed E-state index contributed by atoms with van der Waals surface area (Å²) in [5, 5.41) is 13.5. The SMILES string of the molecule is Cc1cc(C)c(NC(=O)C2CCCN(c3nnc(-n4cccc4)s3)C2)c(C)c1. The summed E-state index contributed by atoms with van der Waals surface area (Å²) in [5.74, 6) is 0.0442. The molecule has 2 aromatic heterocycles. The van der Waals surface area contributed by atoms with Crippen LogP contribution >= 0.6 is 11.3 Å². The van der Waals surface area contributed by atoms with Crippen LogP contribution in [0, 0.1) is 26.7 Å². The Bertz CT molecular complexity index is 956. The van der Waals surface area contributed by atoms with E-state index in [9.17, 15) is 4.79 Å². The first-order valence-electron chi connectivity index (χ1n) is 9.62. The predicted octanol–water partition coefficient (Wildman–Crippen LogP) is 4.11. The molecule has 1 atom stereocenters. The zero-order chi connectivity index (χ0) is 19.7. The van der Waals surface area contributed by atoms with Crippen molar-refractivity contribution in [3.63, 3.8) is 0 Å². The Hall–Kier alpha value is -2.67. The minimum atomic E-state index is -0.0484. The van der Waals surface area contributed by atoms with Gasteiger partial charge in [-0.05, 0) is 56.9 Å². The van der Waals surface area contributed by atoms with Gasteiger partial charge in [0.1, 0.15) is 0 Å². The van der Waals surface area contributed by atoms with Gasteiger partial charge in [-0.3, -0.25) is 9.36 Å². The van der Waals surface area contributed by atoms with E-state index in [1.54, 1.807) is 11.3 Å². The van der Waals surface area contributed by atoms with Gasteiger partial charge in [0.05, 0.1) is 5.92 Å². The smallest absolute Gasteiger partial charge is 0.229 e. The second-order valence-corrected chi connectivity index (χ2v) is 8.44. The van der Waals surface area contributed by atoms with Crippen LogP contribution in [0.15, 0.2) is 36.7 Å². The van der Waals surface area contributed by atoms with Crippen molar-refractivity contribution >= 4 is 28.1 Å². The van der Waals surface area contributed by atoms with Crippen molar-refractivity contribution in [1.29, 1.82) is 0 Å². The fraction of sp³-hybridized carbons (Fsp3) is 0.381. The lowest BCUT2D eigenvalue weighted by Gasteiger charge is -2.31. The summed E-state index contributed by atoms with van der Waals surface area (Å²) in [7, 11) is 0. The molecule has 1 N–H and O–H groups in total. The lowest BCUT2D eigenvalue weighted by Crippen LogP contribution is -2.40. The topological polar surface area (TPSA) is 63.1 Å². The maximum Gasteiger partial charge on any atom is 0.229 e. The molecular formula is C21H25N5OS. The number of piperidine rings is 1. The first-order valence-corrected chi connectivity index (χ1v) is 10.4. The van der Waals surface area contributed by atoms with Gasteiger partial charge in [0, 0.05) is 31.2 Å². The van der Waals surface area contributed by atoms with E-state index in [1.165, 1.54) is 5.56 Å². The fourth-order valence-electron chi connectivity index (χ4n) is 3.87. The standard InChI is InChI=1S/C21H25N5OS/c1-14-11-15(2)18(16(3)12-14)22-19(27)17-7-6-10-26(13-17)21-24-23-20(28-21)25-8-4-5-9-25/h4-5,8-9,11-12,17H,6-7,10,13H2,1-3H3,(H,22,27). The van der Waals surface area contributed by atoms with E-state index in [4.69, 9.17) is 0 Å². The van der Waals surface area contributed by atoms with Crippen LogP contribution in [0.3, 0.4) is 0 Å². The van der Waals surface area contributed by atoms with Crippen LogP contribution in [-0.4, -0.2) is 33.8 Å². The van der Waals surface area contributed by atoms with Crippen LogP contribution in [0.5, 0.6) is 0 Å². The molecule has 3 heterocycles. The van der Waals surface area contributed by atoms with E-state index < -0.39 is 0 Å². The van der Waals surface area contributed by atoms with Gasteiger partial charge in [-0.25, -0.2) is 0 Å². The van der Waals surface area contributed by atoms with Crippen molar-refractivity contribution in [1.82, 2.24) is 14.8 Å². The summed E-state index contributed by atoms with van der Waals surface area (Å²) in [6.07, 6.45) is 5.80. The molecule has 1 unspecified atom stereocenters. The Morgan fingerprint density at radius 3 is 2.50 bits per heavy atom. The number of rotatable bonds is 4. The second-order valence-electron chi connectivity index (χ2n) is 7.51. The van der Waals surface area contributed by atoms with Gasteiger partial charge in [0.15, 0.2) is 0 Å².